The van der Waals surface area contributed by atoms with Crippen LogP contribution in [0.15, 0.2) is 16.8 Å². The predicted molar refractivity (Wildman–Crippen MR) is 71.6 cm³/mol. The molecule has 5 nitrogen and oxygen atoms in total. The van der Waals surface area contributed by atoms with Crippen LogP contribution in [0, 0.1) is 12.3 Å². The van der Waals surface area contributed by atoms with Gasteiger partial charge in [-0.15, -0.1) is 0 Å². The number of hydrogen-bond acceptors (Lipinski definition) is 4. The Morgan fingerprint density at radius 2 is 2.32 bits per heavy atom. The molecule has 0 saturated heterocycles. The van der Waals surface area contributed by atoms with E-state index in [-0.39, 0.29) is 11.5 Å². The van der Waals surface area contributed by atoms with Crippen LogP contribution in [0.4, 0.5) is 0 Å². The standard InChI is InChI=1S/C14H20N4O/c1-9-16-13(17-19-9)8-18-5-4-10-11(15)6-14(2,3)7-12(10)18/h4-5,11H,6-8,15H2,1-3H3. The normalized spacial score (nSPS) is 21.4. The lowest BCUT2D eigenvalue weighted by Crippen LogP contribution is -2.30. The fraction of sp³-hybridized carbons (Fsp3) is 0.571. The molecule has 0 bridgehead atoms. The summed E-state index contributed by atoms with van der Waals surface area (Å²) in [5.74, 6) is 1.32. The van der Waals surface area contributed by atoms with Crippen LogP contribution in [-0.2, 0) is 13.0 Å². The van der Waals surface area contributed by atoms with Crippen molar-refractivity contribution in [2.75, 3.05) is 0 Å². The topological polar surface area (TPSA) is 69.9 Å². The van der Waals surface area contributed by atoms with E-state index >= 15 is 0 Å². The van der Waals surface area contributed by atoms with E-state index in [0.717, 1.165) is 12.8 Å². The van der Waals surface area contributed by atoms with Crippen LogP contribution >= 0.6 is 0 Å². The summed E-state index contributed by atoms with van der Waals surface area (Å²) in [4.78, 5) is 4.26. The Morgan fingerprint density at radius 3 is 3.00 bits per heavy atom. The first-order valence-corrected chi connectivity index (χ1v) is 6.67. The Kier molecular flexibility index (Phi) is 2.74. The molecular weight excluding hydrogens is 240 g/mol. The first-order chi connectivity index (χ1) is 8.94. The molecule has 2 N–H and O–H groups in total. The van der Waals surface area contributed by atoms with Crippen LogP contribution in [0.25, 0.3) is 0 Å². The van der Waals surface area contributed by atoms with Crippen LogP contribution in [0.1, 0.15) is 49.3 Å². The van der Waals surface area contributed by atoms with Gasteiger partial charge in [-0.1, -0.05) is 19.0 Å². The van der Waals surface area contributed by atoms with Crippen molar-refractivity contribution < 1.29 is 4.52 Å². The third-order valence-electron chi connectivity index (χ3n) is 3.81. The van der Waals surface area contributed by atoms with Crippen molar-refractivity contribution in [1.29, 1.82) is 0 Å². The monoisotopic (exact) mass is 260 g/mol. The lowest BCUT2D eigenvalue weighted by atomic mass is 9.74. The van der Waals surface area contributed by atoms with Gasteiger partial charge in [-0.2, -0.15) is 4.98 Å². The minimum Gasteiger partial charge on any atom is -0.343 e. The SMILES string of the molecule is Cc1nc(Cn2ccc3c2CC(C)(C)CC3N)no1. The Bertz CT molecular complexity index is 596. The third-order valence-corrected chi connectivity index (χ3v) is 3.81. The molecule has 102 valence electrons. The van der Waals surface area contributed by atoms with Gasteiger partial charge in [0.25, 0.3) is 0 Å². The average molecular weight is 260 g/mol. The molecule has 0 fully saturated rings. The van der Waals surface area contributed by atoms with Gasteiger partial charge < -0.3 is 14.8 Å². The molecule has 0 spiro atoms. The Morgan fingerprint density at radius 1 is 1.53 bits per heavy atom. The van der Waals surface area contributed by atoms with Gasteiger partial charge in [0, 0.05) is 24.9 Å². The highest BCUT2D eigenvalue weighted by atomic mass is 16.5. The smallest absolute Gasteiger partial charge is 0.223 e. The summed E-state index contributed by atoms with van der Waals surface area (Å²) in [6, 6.07) is 2.26. The average Bonchev–Trinajstić information content (AvgIpc) is 2.86. The highest BCUT2D eigenvalue weighted by Gasteiger charge is 2.32. The van der Waals surface area contributed by atoms with Gasteiger partial charge in [0.05, 0.1) is 6.54 Å². The van der Waals surface area contributed by atoms with E-state index in [1.807, 2.05) is 0 Å². The van der Waals surface area contributed by atoms with Crippen molar-refractivity contribution >= 4 is 0 Å². The molecule has 0 radical (unpaired) electrons. The van der Waals surface area contributed by atoms with Crippen LogP contribution in [0.2, 0.25) is 0 Å². The van der Waals surface area contributed by atoms with Gasteiger partial charge in [0.15, 0.2) is 5.82 Å². The molecule has 2 heterocycles. The molecule has 0 saturated carbocycles. The van der Waals surface area contributed by atoms with Crippen molar-refractivity contribution in [3.8, 4) is 0 Å². The second-order valence-corrected chi connectivity index (χ2v) is 6.23. The van der Waals surface area contributed by atoms with E-state index in [1.165, 1.54) is 11.3 Å². The maximum atomic E-state index is 6.27. The summed E-state index contributed by atoms with van der Waals surface area (Å²) < 4.78 is 7.22. The van der Waals surface area contributed by atoms with Gasteiger partial charge in [-0.3, -0.25) is 0 Å². The second-order valence-electron chi connectivity index (χ2n) is 6.23. The zero-order chi connectivity index (χ0) is 13.6. The van der Waals surface area contributed by atoms with E-state index < -0.39 is 0 Å². The highest BCUT2D eigenvalue weighted by molar-refractivity contribution is 5.30. The maximum absolute atomic E-state index is 6.27. The van der Waals surface area contributed by atoms with Crippen molar-refractivity contribution in [3.05, 3.63) is 35.2 Å². The lowest BCUT2D eigenvalue weighted by molar-refractivity contribution is 0.275. The maximum Gasteiger partial charge on any atom is 0.223 e. The molecule has 1 atom stereocenters. The molecule has 5 heteroatoms. The lowest BCUT2D eigenvalue weighted by Gasteiger charge is -2.34. The number of aromatic nitrogens is 3. The third kappa shape index (κ3) is 2.30. The quantitative estimate of drug-likeness (QED) is 0.898. The second kappa shape index (κ2) is 4.20. The first kappa shape index (κ1) is 12.4. The van der Waals surface area contributed by atoms with Crippen LogP contribution in [0.3, 0.4) is 0 Å². The van der Waals surface area contributed by atoms with Crippen LogP contribution < -0.4 is 5.73 Å². The number of hydrogen-bond donors (Lipinski definition) is 1. The summed E-state index contributed by atoms with van der Waals surface area (Å²) >= 11 is 0. The van der Waals surface area contributed by atoms with Gasteiger partial charge in [-0.05, 0) is 29.9 Å². The molecule has 0 aliphatic heterocycles. The molecule has 19 heavy (non-hydrogen) atoms. The van der Waals surface area contributed by atoms with E-state index in [0.29, 0.717) is 18.3 Å². The van der Waals surface area contributed by atoms with E-state index in [9.17, 15) is 0 Å². The number of nitrogens with zero attached hydrogens (tertiary/aromatic N) is 3. The van der Waals surface area contributed by atoms with Gasteiger partial charge in [0.2, 0.25) is 5.89 Å². The molecule has 1 unspecified atom stereocenters. The summed E-state index contributed by atoms with van der Waals surface area (Å²) in [5, 5.41) is 3.96. The highest BCUT2D eigenvalue weighted by Crippen LogP contribution is 2.40. The van der Waals surface area contributed by atoms with Gasteiger partial charge in [0.1, 0.15) is 0 Å². The number of rotatable bonds is 2. The zero-order valence-electron chi connectivity index (χ0n) is 11.7. The van der Waals surface area contributed by atoms with Crippen LogP contribution in [0.5, 0.6) is 0 Å². The fourth-order valence-electron chi connectivity index (χ4n) is 3.00. The van der Waals surface area contributed by atoms with Crippen LogP contribution in [-0.4, -0.2) is 14.7 Å². The van der Waals surface area contributed by atoms with E-state index in [1.54, 1.807) is 6.92 Å². The molecule has 3 rings (SSSR count). The first-order valence-electron chi connectivity index (χ1n) is 6.67. The number of fused-ring (bicyclic) bond motifs is 1. The molecular formula is C14H20N4O. The minimum absolute atomic E-state index is 0.131. The number of aryl methyl sites for hydroxylation is 1. The Hall–Kier alpha value is -1.62. The fourth-order valence-corrected chi connectivity index (χ4v) is 3.00. The molecule has 1 aliphatic carbocycles. The molecule has 2 aromatic rings. The largest absolute Gasteiger partial charge is 0.343 e. The van der Waals surface area contributed by atoms with Crippen molar-refractivity contribution in [1.82, 2.24) is 14.7 Å². The molecule has 0 aromatic carbocycles. The minimum atomic E-state index is 0.131. The van der Waals surface area contributed by atoms with Gasteiger partial charge >= 0.3 is 0 Å². The number of nitrogens with two attached hydrogens (primary N) is 1. The Balaban J connectivity index is 1.92. The van der Waals surface area contributed by atoms with Crippen molar-refractivity contribution in [2.24, 2.45) is 11.1 Å². The predicted octanol–water partition coefficient (Wildman–Crippen LogP) is 2.20. The summed E-state index contributed by atoms with van der Waals surface area (Å²) in [5.41, 5.74) is 9.09. The van der Waals surface area contributed by atoms with Crippen molar-refractivity contribution in [2.45, 2.75) is 46.2 Å². The summed E-state index contributed by atoms with van der Waals surface area (Å²) in [7, 11) is 0. The summed E-state index contributed by atoms with van der Waals surface area (Å²) in [6.45, 7) is 6.99. The van der Waals surface area contributed by atoms with Crippen molar-refractivity contribution in [3.63, 3.8) is 0 Å². The van der Waals surface area contributed by atoms with Gasteiger partial charge in [-0.25, -0.2) is 0 Å². The van der Waals surface area contributed by atoms with E-state index in [2.05, 4.69) is 40.8 Å². The molecule has 0 amide bonds. The molecule has 1 aliphatic rings. The summed E-state index contributed by atoms with van der Waals surface area (Å²) in [6.07, 6.45) is 4.16. The molecule has 2 aromatic heterocycles. The Labute approximate surface area is 112 Å². The van der Waals surface area contributed by atoms with E-state index in [4.69, 9.17) is 10.3 Å². The zero-order valence-corrected chi connectivity index (χ0v) is 11.7.